The van der Waals surface area contributed by atoms with Crippen molar-refractivity contribution in [3.63, 3.8) is 0 Å². The number of nitrogen functional groups attached to an aromatic ring is 1. The van der Waals surface area contributed by atoms with Crippen molar-refractivity contribution >= 4 is 64.9 Å². The first-order valence-electron chi connectivity index (χ1n) is 5.60. The van der Waals surface area contributed by atoms with E-state index in [0.717, 1.165) is 0 Å². The summed E-state index contributed by atoms with van der Waals surface area (Å²) in [7, 11) is -3.80. The molecular weight excluding hydrogens is 445 g/mol. The molecule has 0 fully saturated rings. The third-order valence-electron chi connectivity index (χ3n) is 2.56. The number of pyridine rings is 1. The van der Waals surface area contributed by atoms with Crippen LogP contribution >= 0.6 is 43.5 Å². The Labute approximate surface area is 144 Å². The summed E-state index contributed by atoms with van der Waals surface area (Å²) in [6.07, 6.45) is 1.35. The molecule has 21 heavy (non-hydrogen) atoms. The van der Waals surface area contributed by atoms with Gasteiger partial charge in [-0.15, -0.1) is 0 Å². The first-order chi connectivity index (χ1) is 9.70. The lowest BCUT2D eigenvalue weighted by molar-refractivity contribution is 0.600. The highest BCUT2D eigenvalue weighted by molar-refractivity contribution is 9.11. The molecule has 0 saturated heterocycles. The van der Waals surface area contributed by atoms with Crippen molar-refractivity contribution in [1.82, 2.24) is 4.98 Å². The highest BCUT2D eigenvalue weighted by Crippen LogP contribution is 2.33. The smallest absolute Gasteiger partial charge is 0.264 e. The van der Waals surface area contributed by atoms with Crippen molar-refractivity contribution in [3.8, 4) is 0 Å². The number of sulfonamides is 1. The largest absolute Gasteiger partial charge is 0.399 e. The van der Waals surface area contributed by atoms with Gasteiger partial charge in [0.2, 0.25) is 0 Å². The van der Waals surface area contributed by atoms with Gasteiger partial charge in [0.05, 0.1) is 11.9 Å². The third-order valence-corrected chi connectivity index (χ3v) is 6.21. The van der Waals surface area contributed by atoms with E-state index >= 15 is 0 Å². The van der Waals surface area contributed by atoms with Gasteiger partial charge in [-0.05, 0) is 62.5 Å². The van der Waals surface area contributed by atoms with Gasteiger partial charge >= 0.3 is 0 Å². The topological polar surface area (TPSA) is 85.1 Å². The van der Waals surface area contributed by atoms with E-state index in [1.54, 1.807) is 13.0 Å². The fraction of sp³-hybridized carbons (Fsp3) is 0.0833. The molecule has 0 radical (unpaired) electrons. The third kappa shape index (κ3) is 3.68. The number of benzene rings is 1. The van der Waals surface area contributed by atoms with Crippen LogP contribution < -0.4 is 10.5 Å². The van der Waals surface area contributed by atoms with E-state index in [9.17, 15) is 8.42 Å². The number of anilines is 2. The van der Waals surface area contributed by atoms with Crippen molar-refractivity contribution in [3.05, 3.63) is 44.1 Å². The number of nitrogens with zero attached hydrogens (tertiary/aromatic N) is 1. The van der Waals surface area contributed by atoms with Gasteiger partial charge in [-0.3, -0.25) is 4.72 Å². The molecule has 0 aliphatic heterocycles. The van der Waals surface area contributed by atoms with E-state index < -0.39 is 10.0 Å². The van der Waals surface area contributed by atoms with Gasteiger partial charge in [-0.1, -0.05) is 11.6 Å². The predicted octanol–water partition coefficient (Wildman–Crippen LogP) is 3.95. The van der Waals surface area contributed by atoms with Crippen molar-refractivity contribution < 1.29 is 8.42 Å². The molecule has 1 aromatic carbocycles. The summed E-state index contributed by atoms with van der Waals surface area (Å²) < 4.78 is 28.1. The van der Waals surface area contributed by atoms with Crippen LogP contribution in [0.4, 0.5) is 11.4 Å². The number of nitrogens with two attached hydrogens (primary N) is 1. The highest BCUT2D eigenvalue weighted by Gasteiger charge is 2.22. The van der Waals surface area contributed by atoms with Crippen LogP contribution in [0.25, 0.3) is 0 Å². The number of aryl methyl sites for hydroxylation is 1. The maximum Gasteiger partial charge on any atom is 0.264 e. The Bertz CT molecular complexity index is 789. The molecule has 0 amide bonds. The van der Waals surface area contributed by atoms with E-state index in [1.165, 1.54) is 18.3 Å². The van der Waals surface area contributed by atoms with Gasteiger partial charge in [0, 0.05) is 14.6 Å². The molecule has 0 atom stereocenters. The number of halogens is 3. The summed E-state index contributed by atoms with van der Waals surface area (Å²) >= 11 is 12.2. The van der Waals surface area contributed by atoms with Gasteiger partial charge in [-0.25, -0.2) is 13.4 Å². The van der Waals surface area contributed by atoms with E-state index in [1.807, 2.05) is 0 Å². The Hall–Kier alpha value is -0.830. The van der Waals surface area contributed by atoms with Crippen LogP contribution in [0.3, 0.4) is 0 Å². The van der Waals surface area contributed by atoms with Crippen molar-refractivity contribution in [1.29, 1.82) is 0 Å². The lowest BCUT2D eigenvalue weighted by atomic mass is 10.3. The minimum atomic E-state index is -3.80. The van der Waals surface area contributed by atoms with Crippen molar-refractivity contribution in [2.45, 2.75) is 11.8 Å². The van der Waals surface area contributed by atoms with Crippen molar-refractivity contribution in [2.75, 3.05) is 10.5 Å². The van der Waals surface area contributed by atoms with Crippen LogP contribution in [-0.4, -0.2) is 13.4 Å². The van der Waals surface area contributed by atoms with Crippen LogP contribution in [0, 0.1) is 6.92 Å². The number of aromatic nitrogens is 1. The first kappa shape index (κ1) is 16.5. The Morgan fingerprint density at radius 1 is 1.24 bits per heavy atom. The first-order valence-corrected chi connectivity index (χ1v) is 9.05. The second-order valence-electron chi connectivity index (χ2n) is 4.25. The lowest BCUT2D eigenvalue weighted by Crippen LogP contribution is -2.15. The molecule has 2 rings (SSSR count). The Morgan fingerprint density at radius 3 is 2.33 bits per heavy atom. The van der Waals surface area contributed by atoms with Gasteiger partial charge in [0.1, 0.15) is 10.0 Å². The molecule has 0 bridgehead atoms. The molecule has 0 aliphatic carbocycles. The van der Waals surface area contributed by atoms with Crippen LogP contribution in [0.15, 0.2) is 38.2 Å². The number of rotatable bonds is 3. The van der Waals surface area contributed by atoms with E-state index in [0.29, 0.717) is 31.0 Å². The fourth-order valence-electron chi connectivity index (χ4n) is 1.66. The lowest BCUT2D eigenvalue weighted by Gasteiger charge is -2.12. The molecule has 9 heteroatoms. The summed E-state index contributed by atoms with van der Waals surface area (Å²) in [5.41, 5.74) is 7.10. The average Bonchev–Trinajstić information content (AvgIpc) is 2.31. The summed E-state index contributed by atoms with van der Waals surface area (Å²) in [6, 6.07) is 4.64. The van der Waals surface area contributed by atoms with Gasteiger partial charge in [-0.2, -0.15) is 0 Å². The number of nitrogens with one attached hydrogen (secondary N) is 1. The summed E-state index contributed by atoms with van der Waals surface area (Å²) in [6.45, 7) is 1.74. The molecule has 3 N–H and O–H groups in total. The predicted molar refractivity (Wildman–Crippen MR) is 91.0 cm³/mol. The zero-order chi connectivity index (χ0) is 15.8. The van der Waals surface area contributed by atoms with E-state index in [-0.39, 0.29) is 4.90 Å². The molecule has 0 saturated carbocycles. The zero-order valence-electron chi connectivity index (χ0n) is 10.7. The molecule has 2 aromatic rings. The summed E-state index contributed by atoms with van der Waals surface area (Å²) in [4.78, 5) is 3.97. The van der Waals surface area contributed by atoms with Crippen molar-refractivity contribution in [2.24, 2.45) is 0 Å². The van der Waals surface area contributed by atoms with Crippen LogP contribution in [0.5, 0.6) is 0 Å². The van der Waals surface area contributed by atoms with Gasteiger partial charge in [0.15, 0.2) is 0 Å². The molecule has 1 aromatic heterocycles. The maximum absolute atomic E-state index is 12.5. The zero-order valence-corrected chi connectivity index (χ0v) is 15.4. The van der Waals surface area contributed by atoms with E-state index in [2.05, 4.69) is 41.6 Å². The second kappa shape index (κ2) is 6.12. The maximum atomic E-state index is 12.5. The second-order valence-corrected chi connectivity index (χ2v) is 7.94. The Morgan fingerprint density at radius 2 is 1.81 bits per heavy atom. The van der Waals surface area contributed by atoms with E-state index in [4.69, 9.17) is 17.3 Å². The molecule has 0 spiro atoms. The molecular formula is C12H10Br2ClN3O2S. The number of hydrogen-bond donors (Lipinski definition) is 2. The highest BCUT2D eigenvalue weighted by atomic mass is 79.9. The average molecular weight is 456 g/mol. The van der Waals surface area contributed by atoms with Gasteiger partial charge < -0.3 is 5.73 Å². The minimum Gasteiger partial charge on any atom is -0.399 e. The Balaban J connectivity index is 2.46. The molecule has 5 nitrogen and oxygen atoms in total. The molecule has 0 unspecified atom stereocenters. The Kier molecular flexibility index (Phi) is 4.82. The minimum absolute atomic E-state index is 0.0595. The quantitative estimate of drug-likeness (QED) is 0.542. The molecule has 1 heterocycles. The number of hydrogen-bond acceptors (Lipinski definition) is 4. The summed E-state index contributed by atoms with van der Waals surface area (Å²) in [5.74, 6) is 0. The van der Waals surface area contributed by atoms with Crippen LogP contribution in [0.1, 0.15) is 5.56 Å². The SMILES string of the molecule is Cc1cc(NS(=O)(=O)c2c(Br)cc(N)cc2Br)cnc1Cl. The van der Waals surface area contributed by atoms with Crippen LogP contribution in [-0.2, 0) is 10.0 Å². The van der Waals surface area contributed by atoms with Crippen LogP contribution in [0.2, 0.25) is 5.15 Å². The van der Waals surface area contributed by atoms with Gasteiger partial charge in [0.25, 0.3) is 10.0 Å². The molecule has 0 aliphatic rings. The fourth-order valence-corrected chi connectivity index (χ4v) is 5.42. The standard InChI is InChI=1S/C12H10Br2ClN3O2S/c1-6-2-8(5-17-12(6)15)18-21(19,20)11-9(13)3-7(16)4-10(11)14/h2-5,18H,16H2,1H3. The normalized spacial score (nSPS) is 11.4. The summed E-state index contributed by atoms with van der Waals surface area (Å²) in [5, 5.41) is 0.327. The monoisotopic (exact) mass is 453 g/mol. The molecule has 112 valence electrons.